The van der Waals surface area contributed by atoms with Crippen LogP contribution in [-0.2, 0) is 28.2 Å². The molecule has 1 aromatic carbocycles. The lowest BCUT2D eigenvalue weighted by atomic mass is 10.2. The summed E-state index contributed by atoms with van der Waals surface area (Å²) in [6, 6.07) is 6.66. The quantitative estimate of drug-likeness (QED) is 0.633. The maximum Gasteiger partial charge on any atom is 0.529 e. The molecule has 0 unspecified atom stereocenters. The Balaban J connectivity index is 2.15. The van der Waals surface area contributed by atoms with Crippen LogP contribution in [-0.4, -0.2) is 39.0 Å². The van der Waals surface area contributed by atoms with Gasteiger partial charge in [0.05, 0.1) is 24.7 Å². The van der Waals surface area contributed by atoms with E-state index in [0.29, 0.717) is 13.0 Å². The molecule has 0 bridgehead atoms. The Kier molecular flexibility index (Phi) is 6.82. The normalized spacial score (nSPS) is 16.5. The Morgan fingerprint density at radius 3 is 2.28 bits per heavy atom. The minimum atomic E-state index is -3.73. The molecule has 0 fully saturated rings. The van der Waals surface area contributed by atoms with Gasteiger partial charge in [0.2, 0.25) is 10.0 Å². The minimum Gasteiger partial charge on any atom is -0.407 e. The summed E-state index contributed by atoms with van der Waals surface area (Å²) >= 11 is 0. The number of phosphoric ester groups is 1. The first kappa shape index (κ1) is 20.1. The fraction of sp³-hybridized carbons (Fsp3) is 0.500. The molecule has 0 saturated carbocycles. The minimum absolute atomic E-state index is 0.0135. The zero-order valence-electron chi connectivity index (χ0n) is 14.7. The van der Waals surface area contributed by atoms with Crippen LogP contribution in [0.1, 0.15) is 25.8 Å². The Morgan fingerprint density at radius 2 is 1.72 bits per heavy atom. The van der Waals surface area contributed by atoms with Gasteiger partial charge in [0, 0.05) is 6.54 Å². The second kappa shape index (κ2) is 8.47. The topological polar surface area (TPSA) is 82.1 Å². The number of hydrogen-bond donors (Lipinski definition) is 0. The van der Waals surface area contributed by atoms with Crippen LogP contribution in [0.15, 0.2) is 41.0 Å². The van der Waals surface area contributed by atoms with E-state index in [2.05, 4.69) is 0 Å². The van der Waals surface area contributed by atoms with E-state index in [1.165, 1.54) is 4.31 Å². The number of nitrogens with zero attached hydrogens (tertiary/aromatic N) is 1. The average molecular weight is 389 g/mol. The molecule has 25 heavy (non-hydrogen) atoms. The van der Waals surface area contributed by atoms with Crippen LogP contribution in [0.4, 0.5) is 0 Å². The highest BCUT2D eigenvalue weighted by Gasteiger charge is 2.33. The van der Waals surface area contributed by atoms with Gasteiger partial charge in [-0.1, -0.05) is 17.7 Å². The van der Waals surface area contributed by atoms with Crippen molar-refractivity contribution >= 4 is 17.8 Å². The largest absolute Gasteiger partial charge is 0.529 e. The van der Waals surface area contributed by atoms with Gasteiger partial charge in [0.25, 0.3) is 0 Å². The molecule has 0 radical (unpaired) electrons. The van der Waals surface area contributed by atoms with Gasteiger partial charge in [-0.2, -0.15) is 4.31 Å². The molecule has 0 aliphatic carbocycles. The highest BCUT2D eigenvalue weighted by Crippen LogP contribution is 2.51. The van der Waals surface area contributed by atoms with Crippen LogP contribution in [0.25, 0.3) is 0 Å². The highest BCUT2D eigenvalue weighted by atomic mass is 32.2. The van der Waals surface area contributed by atoms with Gasteiger partial charge < -0.3 is 4.52 Å². The fourth-order valence-electron chi connectivity index (χ4n) is 2.37. The first-order valence-electron chi connectivity index (χ1n) is 8.15. The first-order valence-corrected chi connectivity index (χ1v) is 11.1. The third-order valence-corrected chi connectivity index (χ3v) is 7.01. The Labute approximate surface area is 149 Å². The third-order valence-electron chi connectivity index (χ3n) is 3.54. The molecule has 7 nitrogen and oxygen atoms in total. The molecule has 0 spiro atoms. The SMILES string of the molecule is CCOP(=O)(OCC)OC1=CCCN(S(=O)(=O)c2ccc(C)cc2)C1. The predicted octanol–water partition coefficient (Wildman–Crippen LogP) is 3.47. The second-order valence-electron chi connectivity index (χ2n) is 5.48. The molecule has 1 aliphatic heterocycles. The van der Waals surface area contributed by atoms with Crippen LogP contribution >= 0.6 is 7.82 Å². The third kappa shape index (κ3) is 5.15. The molecule has 9 heteroatoms. The molecular weight excluding hydrogens is 365 g/mol. The Bertz CT molecular complexity index is 749. The average Bonchev–Trinajstić information content (AvgIpc) is 2.55. The van der Waals surface area contributed by atoms with Crippen molar-refractivity contribution in [2.45, 2.75) is 32.1 Å². The first-order chi connectivity index (χ1) is 11.8. The van der Waals surface area contributed by atoms with Crippen LogP contribution in [0, 0.1) is 6.92 Å². The van der Waals surface area contributed by atoms with E-state index in [1.807, 2.05) is 6.92 Å². The van der Waals surface area contributed by atoms with Crippen LogP contribution < -0.4 is 0 Å². The molecule has 2 rings (SSSR count). The van der Waals surface area contributed by atoms with E-state index in [1.54, 1.807) is 44.2 Å². The molecule has 0 amide bonds. The molecule has 0 saturated heterocycles. The van der Waals surface area contributed by atoms with E-state index >= 15 is 0 Å². The highest BCUT2D eigenvalue weighted by molar-refractivity contribution is 7.89. The zero-order chi connectivity index (χ0) is 18.5. The smallest absolute Gasteiger partial charge is 0.407 e. The molecule has 1 aromatic rings. The van der Waals surface area contributed by atoms with E-state index in [9.17, 15) is 13.0 Å². The van der Waals surface area contributed by atoms with Gasteiger partial charge >= 0.3 is 7.82 Å². The predicted molar refractivity (Wildman–Crippen MR) is 94.6 cm³/mol. The number of phosphoric acid groups is 1. The van der Waals surface area contributed by atoms with Crippen molar-refractivity contribution in [2.24, 2.45) is 0 Å². The van der Waals surface area contributed by atoms with Gasteiger partial charge in [-0.05, 0) is 45.4 Å². The molecule has 0 atom stereocenters. The summed E-state index contributed by atoms with van der Waals surface area (Å²) < 4.78 is 54.9. The van der Waals surface area contributed by atoms with Crippen LogP contribution in [0.5, 0.6) is 0 Å². The summed E-state index contributed by atoms with van der Waals surface area (Å²) in [6.45, 7) is 5.89. The summed E-state index contributed by atoms with van der Waals surface area (Å²) in [5, 5.41) is 0. The molecular formula is C16H24NO6PS. The van der Waals surface area contributed by atoms with Crippen molar-refractivity contribution in [1.82, 2.24) is 4.31 Å². The summed E-state index contributed by atoms with van der Waals surface area (Å²) in [6.07, 6.45) is 2.17. The van der Waals surface area contributed by atoms with Crippen LogP contribution in [0.3, 0.4) is 0 Å². The van der Waals surface area contributed by atoms with Gasteiger partial charge in [-0.3, -0.25) is 9.05 Å². The number of sulfonamides is 1. The van der Waals surface area contributed by atoms with Crippen molar-refractivity contribution in [3.63, 3.8) is 0 Å². The Morgan fingerprint density at radius 1 is 1.12 bits per heavy atom. The second-order valence-corrected chi connectivity index (χ2v) is 9.02. The molecule has 1 heterocycles. The summed E-state index contributed by atoms with van der Waals surface area (Å²) in [5.74, 6) is 0.271. The molecule has 1 aliphatic rings. The number of rotatable bonds is 8. The molecule has 0 aromatic heterocycles. The number of benzene rings is 1. The summed E-state index contributed by atoms with van der Waals surface area (Å²) in [5.41, 5.74) is 0.982. The van der Waals surface area contributed by atoms with E-state index in [0.717, 1.165) is 5.56 Å². The van der Waals surface area contributed by atoms with Crippen molar-refractivity contribution in [3.05, 3.63) is 41.7 Å². The maximum absolute atomic E-state index is 12.8. The van der Waals surface area contributed by atoms with Gasteiger partial charge in [0.1, 0.15) is 5.76 Å². The van der Waals surface area contributed by atoms with Gasteiger partial charge in [0.15, 0.2) is 0 Å². The monoisotopic (exact) mass is 389 g/mol. The van der Waals surface area contributed by atoms with Crippen molar-refractivity contribution in [2.75, 3.05) is 26.3 Å². The summed E-state index contributed by atoms with van der Waals surface area (Å²) in [4.78, 5) is 0.220. The number of hydrogen-bond acceptors (Lipinski definition) is 6. The zero-order valence-corrected chi connectivity index (χ0v) is 16.4. The lowest BCUT2D eigenvalue weighted by Gasteiger charge is -2.28. The fourth-order valence-corrected chi connectivity index (χ4v) is 5.02. The van der Waals surface area contributed by atoms with E-state index < -0.39 is 17.8 Å². The van der Waals surface area contributed by atoms with E-state index in [4.69, 9.17) is 13.6 Å². The van der Waals surface area contributed by atoms with Gasteiger partial charge in [-0.15, -0.1) is 0 Å². The van der Waals surface area contributed by atoms with Crippen molar-refractivity contribution in [3.8, 4) is 0 Å². The van der Waals surface area contributed by atoms with Crippen molar-refractivity contribution < 1.29 is 26.6 Å². The van der Waals surface area contributed by atoms with Crippen molar-refractivity contribution in [1.29, 1.82) is 0 Å². The van der Waals surface area contributed by atoms with Gasteiger partial charge in [-0.25, -0.2) is 13.0 Å². The van der Waals surface area contributed by atoms with Crippen LogP contribution in [0.2, 0.25) is 0 Å². The number of aryl methyl sites for hydroxylation is 1. The molecule has 0 N–H and O–H groups in total. The maximum atomic E-state index is 12.8. The lowest BCUT2D eigenvalue weighted by molar-refractivity contribution is 0.139. The Hall–Kier alpha value is -1.18. The standard InChI is InChI=1S/C16H24NO6PS/c1-4-21-24(18,22-5-2)23-15-7-6-12-17(13-15)25(19,20)16-10-8-14(3)9-11-16/h7-11H,4-6,12-13H2,1-3H3. The lowest BCUT2D eigenvalue weighted by Crippen LogP contribution is -2.36. The molecule has 140 valence electrons. The summed E-state index contributed by atoms with van der Waals surface area (Å²) in [7, 11) is -7.39. The van der Waals surface area contributed by atoms with E-state index in [-0.39, 0.29) is 30.4 Å².